The zero-order valence-electron chi connectivity index (χ0n) is 9.09. The average Bonchev–Trinajstić information content (AvgIpc) is 2.18. The van der Waals surface area contributed by atoms with E-state index in [0.717, 1.165) is 18.1 Å². The van der Waals surface area contributed by atoms with Crippen LogP contribution in [0.1, 0.15) is 19.4 Å². The molecule has 1 saturated heterocycles. The van der Waals surface area contributed by atoms with Gasteiger partial charge in [0, 0.05) is 18.1 Å². The van der Waals surface area contributed by atoms with E-state index < -0.39 is 0 Å². The zero-order chi connectivity index (χ0) is 10.9. The van der Waals surface area contributed by atoms with Crippen LogP contribution in [0.5, 0.6) is 0 Å². The van der Waals surface area contributed by atoms with Crippen molar-refractivity contribution in [1.82, 2.24) is 5.32 Å². The highest BCUT2D eigenvalue weighted by molar-refractivity contribution is 6.30. The van der Waals surface area contributed by atoms with Crippen LogP contribution in [0.4, 0.5) is 0 Å². The van der Waals surface area contributed by atoms with Crippen molar-refractivity contribution in [1.29, 1.82) is 0 Å². The Morgan fingerprint density at radius 1 is 1.40 bits per heavy atom. The van der Waals surface area contributed by atoms with Gasteiger partial charge in [-0.05, 0) is 31.5 Å². The van der Waals surface area contributed by atoms with E-state index in [4.69, 9.17) is 16.3 Å². The summed E-state index contributed by atoms with van der Waals surface area (Å²) in [5, 5.41) is 4.14. The highest BCUT2D eigenvalue weighted by atomic mass is 35.5. The van der Waals surface area contributed by atoms with Crippen LogP contribution < -0.4 is 5.32 Å². The molecule has 0 aromatic heterocycles. The summed E-state index contributed by atoms with van der Waals surface area (Å²) in [5.41, 5.74) is 0.938. The molecule has 1 aromatic rings. The van der Waals surface area contributed by atoms with E-state index in [2.05, 4.69) is 19.2 Å². The maximum absolute atomic E-state index is 5.99. The summed E-state index contributed by atoms with van der Waals surface area (Å²) in [6.07, 6.45) is 0.249. The lowest BCUT2D eigenvalue weighted by atomic mass is 9.94. The predicted molar refractivity (Wildman–Crippen MR) is 62.2 cm³/mol. The molecule has 2 atom stereocenters. The molecule has 1 heterocycles. The Bertz CT molecular complexity index is 338. The van der Waals surface area contributed by atoms with Crippen LogP contribution >= 0.6 is 11.6 Å². The van der Waals surface area contributed by atoms with Crippen molar-refractivity contribution in [2.24, 2.45) is 0 Å². The van der Waals surface area contributed by atoms with Gasteiger partial charge < -0.3 is 10.1 Å². The molecule has 1 fully saturated rings. The first-order valence-electron chi connectivity index (χ1n) is 5.25. The van der Waals surface area contributed by atoms with Gasteiger partial charge in [-0.2, -0.15) is 0 Å². The van der Waals surface area contributed by atoms with E-state index in [0.29, 0.717) is 0 Å². The van der Waals surface area contributed by atoms with Crippen molar-refractivity contribution in [2.45, 2.75) is 25.6 Å². The standard InChI is InChI=1S/C12H16ClNO/c1-9-7-14-8-12(2,15-9)10-3-5-11(13)6-4-10/h3-6,9,14H,7-8H2,1-2H3. The topological polar surface area (TPSA) is 21.3 Å². The number of hydrogen-bond donors (Lipinski definition) is 1. The molecule has 0 spiro atoms. The number of nitrogens with one attached hydrogen (secondary N) is 1. The fourth-order valence-electron chi connectivity index (χ4n) is 2.01. The van der Waals surface area contributed by atoms with Crippen LogP contribution in [0, 0.1) is 0 Å². The van der Waals surface area contributed by atoms with E-state index in [1.165, 1.54) is 5.56 Å². The average molecular weight is 226 g/mol. The second-order valence-corrected chi connectivity index (χ2v) is 4.73. The first-order chi connectivity index (χ1) is 7.10. The minimum atomic E-state index is -0.234. The maximum Gasteiger partial charge on any atom is 0.103 e. The molecule has 0 bridgehead atoms. The van der Waals surface area contributed by atoms with Gasteiger partial charge in [-0.25, -0.2) is 0 Å². The summed E-state index contributed by atoms with van der Waals surface area (Å²) in [6, 6.07) is 7.87. The molecular formula is C12H16ClNO. The van der Waals surface area contributed by atoms with Gasteiger partial charge in [-0.1, -0.05) is 23.7 Å². The minimum absolute atomic E-state index is 0.234. The van der Waals surface area contributed by atoms with Crippen LogP contribution in [-0.4, -0.2) is 19.2 Å². The molecule has 1 aliphatic rings. The molecule has 0 saturated carbocycles. The molecule has 0 amide bonds. The van der Waals surface area contributed by atoms with Crippen LogP contribution in [0.3, 0.4) is 0 Å². The number of halogens is 1. The normalized spacial score (nSPS) is 31.5. The molecule has 15 heavy (non-hydrogen) atoms. The highest BCUT2D eigenvalue weighted by Crippen LogP contribution is 2.29. The molecule has 0 radical (unpaired) electrons. The van der Waals surface area contributed by atoms with Crippen LogP contribution in [0.25, 0.3) is 0 Å². The predicted octanol–water partition coefficient (Wildman–Crippen LogP) is 2.56. The smallest absolute Gasteiger partial charge is 0.103 e. The number of morpholine rings is 1. The summed E-state index contributed by atoms with van der Waals surface area (Å²) in [7, 11) is 0. The van der Waals surface area contributed by atoms with Crippen molar-refractivity contribution in [3.8, 4) is 0 Å². The quantitative estimate of drug-likeness (QED) is 0.793. The van der Waals surface area contributed by atoms with Gasteiger partial charge in [0.15, 0.2) is 0 Å². The second kappa shape index (κ2) is 4.12. The summed E-state index contributed by atoms with van der Waals surface area (Å²) >= 11 is 5.87. The molecular weight excluding hydrogens is 210 g/mol. The van der Waals surface area contributed by atoms with E-state index in [1.807, 2.05) is 24.3 Å². The Labute approximate surface area is 95.6 Å². The first kappa shape index (κ1) is 10.9. The van der Waals surface area contributed by atoms with E-state index in [9.17, 15) is 0 Å². The van der Waals surface area contributed by atoms with Crippen LogP contribution in [0.15, 0.2) is 24.3 Å². The molecule has 0 aliphatic carbocycles. The van der Waals surface area contributed by atoms with Gasteiger partial charge in [-0.15, -0.1) is 0 Å². The SMILES string of the molecule is CC1CNCC(C)(c2ccc(Cl)cc2)O1. The van der Waals surface area contributed by atoms with E-state index in [1.54, 1.807) is 0 Å². The highest BCUT2D eigenvalue weighted by Gasteiger charge is 2.32. The minimum Gasteiger partial charge on any atom is -0.365 e. The van der Waals surface area contributed by atoms with Crippen molar-refractivity contribution in [2.75, 3.05) is 13.1 Å². The van der Waals surface area contributed by atoms with Crippen LogP contribution in [0.2, 0.25) is 5.02 Å². The lowest BCUT2D eigenvalue weighted by molar-refractivity contribution is -0.102. The van der Waals surface area contributed by atoms with Crippen molar-refractivity contribution >= 4 is 11.6 Å². The summed E-state index contributed by atoms with van der Waals surface area (Å²) < 4.78 is 5.99. The third kappa shape index (κ3) is 2.33. The number of benzene rings is 1. The fourth-order valence-corrected chi connectivity index (χ4v) is 2.14. The van der Waals surface area contributed by atoms with E-state index >= 15 is 0 Å². The lowest BCUT2D eigenvalue weighted by Crippen LogP contribution is -2.49. The zero-order valence-corrected chi connectivity index (χ0v) is 9.84. The number of rotatable bonds is 1. The Morgan fingerprint density at radius 2 is 2.07 bits per heavy atom. The largest absolute Gasteiger partial charge is 0.365 e. The Balaban J connectivity index is 2.24. The van der Waals surface area contributed by atoms with Gasteiger partial charge in [0.25, 0.3) is 0 Å². The number of hydrogen-bond acceptors (Lipinski definition) is 2. The number of ether oxygens (including phenoxy) is 1. The Morgan fingerprint density at radius 3 is 2.67 bits per heavy atom. The summed E-state index contributed by atoms with van der Waals surface area (Å²) in [4.78, 5) is 0. The van der Waals surface area contributed by atoms with Gasteiger partial charge in [0.1, 0.15) is 5.60 Å². The Kier molecular flexibility index (Phi) is 3.01. The van der Waals surface area contributed by atoms with Gasteiger partial charge in [0.05, 0.1) is 6.10 Å². The lowest BCUT2D eigenvalue weighted by Gasteiger charge is -2.38. The third-order valence-electron chi connectivity index (χ3n) is 2.81. The van der Waals surface area contributed by atoms with Gasteiger partial charge >= 0.3 is 0 Å². The van der Waals surface area contributed by atoms with Crippen molar-refractivity contribution in [3.05, 3.63) is 34.9 Å². The maximum atomic E-state index is 5.99. The molecule has 3 heteroatoms. The third-order valence-corrected chi connectivity index (χ3v) is 3.06. The molecule has 2 nitrogen and oxygen atoms in total. The molecule has 2 rings (SSSR count). The summed E-state index contributed by atoms with van der Waals surface area (Å²) in [6.45, 7) is 5.96. The second-order valence-electron chi connectivity index (χ2n) is 4.30. The Hall–Kier alpha value is -0.570. The molecule has 82 valence electrons. The molecule has 1 aromatic carbocycles. The van der Waals surface area contributed by atoms with E-state index in [-0.39, 0.29) is 11.7 Å². The van der Waals surface area contributed by atoms with Crippen molar-refractivity contribution in [3.63, 3.8) is 0 Å². The van der Waals surface area contributed by atoms with Gasteiger partial charge in [0.2, 0.25) is 0 Å². The van der Waals surface area contributed by atoms with Crippen LogP contribution in [-0.2, 0) is 10.3 Å². The fraction of sp³-hybridized carbons (Fsp3) is 0.500. The molecule has 1 aliphatic heterocycles. The monoisotopic (exact) mass is 225 g/mol. The molecule has 1 N–H and O–H groups in total. The van der Waals surface area contributed by atoms with Gasteiger partial charge in [-0.3, -0.25) is 0 Å². The van der Waals surface area contributed by atoms with Crippen molar-refractivity contribution < 1.29 is 4.74 Å². The molecule has 2 unspecified atom stereocenters. The first-order valence-corrected chi connectivity index (χ1v) is 5.62. The summed E-state index contributed by atoms with van der Waals surface area (Å²) in [5.74, 6) is 0.